The number of nitrogens with zero attached hydrogens (tertiary/aromatic N) is 1. The Balaban J connectivity index is 1.67. The quantitative estimate of drug-likeness (QED) is 0.916. The number of hydrogen-bond acceptors (Lipinski definition) is 2. The molecule has 3 nitrogen and oxygen atoms in total. The van der Waals surface area contributed by atoms with Crippen LogP contribution in [0.25, 0.3) is 0 Å². The normalized spacial score (nSPS) is 26.4. The fourth-order valence-corrected chi connectivity index (χ4v) is 3.51. The van der Waals surface area contributed by atoms with Gasteiger partial charge in [0.25, 0.3) is 0 Å². The molecule has 1 heterocycles. The van der Waals surface area contributed by atoms with Gasteiger partial charge < -0.3 is 10.6 Å². The second kappa shape index (κ2) is 5.57. The van der Waals surface area contributed by atoms with Crippen molar-refractivity contribution in [3.63, 3.8) is 0 Å². The van der Waals surface area contributed by atoms with Crippen LogP contribution >= 0.6 is 0 Å². The predicted molar refractivity (Wildman–Crippen MR) is 80.0 cm³/mol. The minimum absolute atomic E-state index is 0.155. The van der Waals surface area contributed by atoms with Gasteiger partial charge in [0.1, 0.15) is 0 Å². The molecule has 1 aliphatic heterocycles. The summed E-state index contributed by atoms with van der Waals surface area (Å²) in [4.78, 5) is 14.3. The maximum atomic E-state index is 12.3. The van der Waals surface area contributed by atoms with Crippen molar-refractivity contribution in [1.29, 1.82) is 0 Å². The van der Waals surface area contributed by atoms with Crippen molar-refractivity contribution in [3.05, 3.63) is 35.9 Å². The van der Waals surface area contributed by atoms with Gasteiger partial charge in [0.15, 0.2) is 0 Å². The van der Waals surface area contributed by atoms with Gasteiger partial charge in [-0.1, -0.05) is 36.8 Å². The Morgan fingerprint density at radius 1 is 1.20 bits per heavy atom. The van der Waals surface area contributed by atoms with E-state index in [1.165, 1.54) is 24.8 Å². The summed E-state index contributed by atoms with van der Waals surface area (Å²) >= 11 is 0. The van der Waals surface area contributed by atoms with Crippen LogP contribution in [0.2, 0.25) is 0 Å². The lowest BCUT2D eigenvalue weighted by atomic mass is 9.75. The predicted octanol–water partition coefficient (Wildman–Crippen LogP) is 2.72. The molecule has 2 fully saturated rings. The first kappa shape index (κ1) is 13.6. The van der Waals surface area contributed by atoms with Crippen molar-refractivity contribution in [2.75, 3.05) is 6.54 Å². The Morgan fingerprint density at radius 2 is 1.90 bits per heavy atom. The summed E-state index contributed by atoms with van der Waals surface area (Å²) in [7, 11) is 0. The third-order valence-corrected chi connectivity index (χ3v) is 5.18. The van der Waals surface area contributed by atoms with Crippen LogP contribution in [0.1, 0.15) is 44.2 Å². The zero-order valence-corrected chi connectivity index (χ0v) is 12.2. The smallest absolute Gasteiger partial charge is 0.223 e. The standard InChI is InChI=1S/C17H24N2O/c1-12(13-6-3-2-4-7-13)19-11-15(10-16(19)20)17(18)14-8-5-9-14/h2-4,6-7,12,14-15,17H,5,8-11,18H2,1H3/t12-,15-,17?/m1/s1. The van der Waals surface area contributed by atoms with Crippen LogP contribution in [0.5, 0.6) is 0 Å². The average molecular weight is 272 g/mol. The van der Waals surface area contributed by atoms with Crippen LogP contribution in [-0.4, -0.2) is 23.4 Å². The molecule has 1 aromatic carbocycles. The zero-order chi connectivity index (χ0) is 14.1. The van der Waals surface area contributed by atoms with E-state index in [4.69, 9.17) is 5.73 Å². The van der Waals surface area contributed by atoms with Gasteiger partial charge >= 0.3 is 0 Å². The second-order valence-corrected chi connectivity index (χ2v) is 6.37. The van der Waals surface area contributed by atoms with E-state index in [-0.39, 0.29) is 18.0 Å². The fourth-order valence-electron chi connectivity index (χ4n) is 3.51. The van der Waals surface area contributed by atoms with E-state index in [0.717, 1.165) is 6.54 Å². The van der Waals surface area contributed by atoms with Crippen molar-refractivity contribution < 1.29 is 4.79 Å². The maximum Gasteiger partial charge on any atom is 0.223 e. The van der Waals surface area contributed by atoms with Crippen LogP contribution in [0, 0.1) is 11.8 Å². The number of hydrogen-bond donors (Lipinski definition) is 1. The van der Waals surface area contributed by atoms with Gasteiger partial charge in [-0.3, -0.25) is 4.79 Å². The number of carbonyl (C=O) groups excluding carboxylic acids is 1. The highest BCUT2D eigenvalue weighted by Gasteiger charge is 2.39. The van der Waals surface area contributed by atoms with E-state index in [9.17, 15) is 4.79 Å². The van der Waals surface area contributed by atoms with Crippen molar-refractivity contribution in [1.82, 2.24) is 4.90 Å². The molecule has 1 saturated heterocycles. The Hall–Kier alpha value is -1.35. The topological polar surface area (TPSA) is 46.3 Å². The van der Waals surface area contributed by atoms with Crippen molar-refractivity contribution >= 4 is 5.91 Å². The summed E-state index contributed by atoms with van der Waals surface area (Å²) in [6.07, 6.45) is 4.44. The summed E-state index contributed by atoms with van der Waals surface area (Å²) < 4.78 is 0. The van der Waals surface area contributed by atoms with E-state index >= 15 is 0 Å². The van der Waals surface area contributed by atoms with Gasteiger partial charge in [-0.2, -0.15) is 0 Å². The van der Waals surface area contributed by atoms with Gasteiger partial charge in [-0.25, -0.2) is 0 Å². The monoisotopic (exact) mass is 272 g/mol. The lowest BCUT2D eigenvalue weighted by molar-refractivity contribution is -0.129. The summed E-state index contributed by atoms with van der Waals surface area (Å²) in [6.45, 7) is 2.94. The minimum atomic E-state index is 0.155. The van der Waals surface area contributed by atoms with Gasteiger partial charge in [0.05, 0.1) is 6.04 Å². The minimum Gasteiger partial charge on any atom is -0.336 e. The summed E-state index contributed by atoms with van der Waals surface area (Å²) in [5.41, 5.74) is 7.58. The fraction of sp³-hybridized carbons (Fsp3) is 0.588. The molecule has 3 atom stereocenters. The van der Waals surface area contributed by atoms with Crippen molar-refractivity contribution in [2.45, 2.75) is 44.7 Å². The molecule has 0 bridgehead atoms. The first-order chi connectivity index (χ1) is 9.66. The summed E-state index contributed by atoms with van der Waals surface area (Å²) in [6, 6.07) is 10.6. The summed E-state index contributed by atoms with van der Waals surface area (Å²) in [5, 5.41) is 0. The van der Waals surface area contributed by atoms with E-state index in [2.05, 4.69) is 19.1 Å². The molecule has 108 valence electrons. The van der Waals surface area contributed by atoms with Gasteiger partial charge in [-0.15, -0.1) is 0 Å². The molecular formula is C17H24N2O. The van der Waals surface area contributed by atoms with Crippen LogP contribution in [0.4, 0.5) is 0 Å². The van der Waals surface area contributed by atoms with E-state index < -0.39 is 0 Å². The van der Waals surface area contributed by atoms with Crippen LogP contribution in [-0.2, 0) is 4.79 Å². The number of likely N-dealkylation sites (tertiary alicyclic amines) is 1. The number of rotatable bonds is 4. The van der Waals surface area contributed by atoms with Gasteiger partial charge in [0, 0.05) is 24.9 Å². The molecule has 3 heteroatoms. The molecule has 1 amide bonds. The Morgan fingerprint density at radius 3 is 2.50 bits per heavy atom. The SMILES string of the molecule is C[C@H](c1ccccc1)N1C[C@H](C(N)C2CCC2)CC1=O. The molecule has 0 aromatic heterocycles. The van der Waals surface area contributed by atoms with Crippen LogP contribution < -0.4 is 5.73 Å². The second-order valence-electron chi connectivity index (χ2n) is 6.37. The van der Waals surface area contributed by atoms with E-state index in [1.807, 2.05) is 23.1 Å². The lowest BCUT2D eigenvalue weighted by Crippen LogP contribution is -2.42. The maximum absolute atomic E-state index is 12.3. The molecule has 0 spiro atoms. The largest absolute Gasteiger partial charge is 0.336 e. The average Bonchev–Trinajstić information content (AvgIpc) is 2.79. The van der Waals surface area contributed by atoms with Gasteiger partial charge in [0.2, 0.25) is 5.91 Å². The molecule has 1 aromatic rings. The molecule has 2 aliphatic rings. The lowest BCUT2D eigenvalue weighted by Gasteiger charge is -2.35. The van der Waals surface area contributed by atoms with Crippen LogP contribution in [0.15, 0.2) is 30.3 Å². The molecular weight excluding hydrogens is 248 g/mol. The van der Waals surface area contributed by atoms with Crippen molar-refractivity contribution in [3.8, 4) is 0 Å². The third kappa shape index (κ3) is 2.47. The van der Waals surface area contributed by atoms with Crippen molar-refractivity contribution in [2.24, 2.45) is 17.6 Å². The third-order valence-electron chi connectivity index (χ3n) is 5.18. The Bertz CT molecular complexity index is 469. The number of carbonyl (C=O) groups is 1. The first-order valence-corrected chi connectivity index (χ1v) is 7.77. The number of benzene rings is 1. The zero-order valence-electron chi connectivity index (χ0n) is 12.2. The van der Waals surface area contributed by atoms with E-state index in [0.29, 0.717) is 18.3 Å². The molecule has 20 heavy (non-hydrogen) atoms. The Labute approximate surface area is 121 Å². The molecule has 1 saturated carbocycles. The molecule has 1 aliphatic carbocycles. The number of amides is 1. The molecule has 0 radical (unpaired) electrons. The van der Waals surface area contributed by atoms with E-state index in [1.54, 1.807) is 0 Å². The number of nitrogens with two attached hydrogens (primary N) is 1. The highest BCUT2D eigenvalue weighted by Crippen LogP contribution is 2.36. The molecule has 1 unspecified atom stereocenters. The highest BCUT2D eigenvalue weighted by atomic mass is 16.2. The van der Waals surface area contributed by atoms with Gasteiger partial charge in [-0.05, 0) is 31.2 Å². The molecule has 2 N–H and O–H groups in total. The Kier molecular flexibility index (Phi) is 3.79. The van der Waals surface area contributed by atoms with Crippen LogP contribution in [0.3, 0.4) is 0 Å². The molecule has 3 rings (SSSR count). The summed E-state index contributed by atoms with van der Waals surface area (Å²) in [5.74, 6) is 1.26. The highest BCUT2D eigenvalue weighted by molar-refractivity contribution is 5.79. The first-order valence-electron chi connectivity index (χ1n) is 7.77.